The van der Waals surface area contributed by atoms with Crippen LogP contribution in [-0.4, -0.2) is 37.4 Å². The molecule has 0 aliphatic heterocycles. The van der Waals surface area contributed by atoms with E-state index in [2.05, 4.69) is 15.9 Å². The number of aliphatic carboxylic acids is 1. The van der Waals surface area contributed by atoms with Crippen molar-refractivity contribution in [3.05, 3.63) is 28.2 Å². The van der Waals surface area contributed by atoms with E-state index in [-0.39, 0.29) is 17.0 Å². The topological polar surface area (TPSA) is 98.5 Å². The number of nitriles is 1. The summed E-state index contributed by atoms with van der Waals surface area (Å²) in [5.41, 5.74) is 0.0167. The number of hydrogen-bond donors (Lipinski definition) is 1. The van der Waals surface area contributed by atoms with Gasteiger partial charge in [-0.1, -0.05) is 22.9 Å². The van der Waals surface area contributed by atoms with Crippen molar-refractivity contribution in [1.82, 2.24) is 4.31 Å². The highest BCUT2D eigenvalue weighted by Gasteiger charge is 2.27. The monoisotopic (exact) mass is 360 g/mol. The highest BCUT2D eigenvalue weighted by atomic mass is 79.9. The Labute approximate surface area is 125 Å². The first-order chi connectivity index (χ1) is 9.20. The number of hydrogen-bond acceptors (Lipinski definition) is 4. The Balaban J connectivity index is 3.20. The number of carbonyl (C=O) groups is 1. The average Bonchev–Trinajstić information content (AvgIpc) is 2.38. The van der Waals surface area contributed by atoms with E-state index in [0.29, 0.717) is 4.47 Å². The molecule has 6 nitrogen and oxygen atoms in total. The van der Waals surface area contributed by atoms with Gasteiger partial charge in [0.1, 0.15) is 11.0 Å². The van der Waals surface area contributed by atoms with Gasteiger partial charge in [0, 0.05) is 18.1 Å². The molecule has 0 radical (unpaired) electrons. The summed E-state index contributed by atoms with van der Waals surface area (Å²) in [7, 11) is -2.63. The third kappa shape index (κ3) is 3.56. The average molecular weight is 361 g/mol. The lowest BCUT2D eigenvalue weighted by atomic mass is 10.2. The predicted octanol–water partition coefficient (Wildman–Crippen LogP) is 1.66. The van der Waals surface area contributed by atoms with E-state index in [9.17, 15) is 13.2 Å². The molecule has 0 aliphatic carbocycles. The molecule has 0 saturated heterocycles. The summed E-state index contributed by atoms with van der Waals surface area (Å²) in [6.07, 6.45) is 0. The summed E-state index contributed by atoms with van der Waals surface area (Å²) in [5.74, 6) is -1.92. The molecule has 20 heavy (non-hydrogen) atoms. The fraction of sp³-hybridized carbons (Fsp3) is 0.333. The molecule has 1 unspecified atom stereocenters. The van der Waals surface area contributed by atoms with Crippen LogP contribution >= 0.6 is 15.9 Å². The minimum absolute atomic E-state index is 0.0167. The molecule has 8 heteroatoms. The molecular formula is C12H13BrN2O4S. The number of halogens is 1. The Morgan fingerprint density at radius 2 is 2.15 bits per heavy atom. The molecule has 0 bridgehead atoms. The van der Waals surface area contributed by atoms with Crippen LogP contribution in [0, 0.1) is 17.2 Å². The van der Waals surface area contributed by atoms with Crippen molar-refractivity contribution in [2.75, 3.05) is 13.6 Å². The van der Waals surface area contributed by atoms with Gasteiger partial charge in [-0.15, -0.1) is 0 Å². The maximum absolute atomic E-state index is 12.4. The van der Waals surface area contributed by atoms with E-state index in [0.717, 1.165) is 4.31 Å². The van der Waals surface area contributed by atoms with E-state index in [1.54, 1.807) is 6.07 Å². The zero-order valence-electron chi connectivity index (χ0n) is 10.9. The van der Waals surface area contributed by atoms with Gasteiger partial charge in [0.25, 0.3) is 0 Å². The lowest BCUT2D eigenvalue weighted by molar-refractivity contribution is -0.141. The molecule has 0 heterocycles. The first-order valence-corrected chi connectivity index (χ1v) is 7.82. The Hall–Kier alpha value is -1.43. The van der Waals surface area contributed by atoms with Crippen LogP contribution in [0.15, 0.2) is 27.6 Å². The standard InChI is InChI=1S/C12H13BrN2O4S/c1-8(12(16)17)7-15(2)20(18,19)11-5-10(13)4-3-9(11)6-14/h3-5,8H,7H2,1-2H3,(H,16,17). The van der Waals surface area contributed by atoms with Crippen LogP contribution < -0.4 is 0 Å². The van der Waals surface area contributed by atoms with Crippen molar-refractivity contribution in [2.24, 2.45) is 5.92 Å². The molecule has 0 spiro atoms. The summed E-state index contributed by atoms with van der Waals surface area (Å²) in [5, 5.41) is 17.8. The van der Waals surface area contributed by atoms with Crippen LogP contribution in [0.25, 0.3) is 0 Å². The fourth-order valence-electron chi connectivity index (χ4n) is 1.53. The molecule has 0 aliphatic rings. The van der Waals surface area contributed by atoms with Crippen molar-refractivity contribution in [3.8, 4) is 6.07 Å². The van der Waals surface area contributed by atoms with Crippen LogP contribution in [0.1, 0.15) is 12.5 Å². The van der Waals surface area contributed by atoms with Crippen molar-refractivity contribution in [3.63, 3.8) is 0 Å². The van der Waals surface area contributed by atoms with E-state index >= 15 is 0 Å². The largest absolute Gasteiger partial charge is 0.481 e. The van der Waals surface area contributed by atoms with Gasteiger partial charge in [-0.2, -0.15) is 5.26 Å². The molecule has 0 fully saturated rings. The lowest BCUT2D eigenvalue weighted by Gasteiger charge is -2.20. The summed E-state index contributed by atoms with van der Waals surface area (Å²) in [6.45, 7) is 1.25. The van der Waals surface area contributed by atoms with Crippen molar-refractivity contribution >= 4 is 31.9 Å². The Kier molecular flexibility index (Phi) is 5.28. The second-order valence-electron chi connectivity index (χ2n) is 4.28. The third-order valence-corrected chi connectivity index (χ3v) is 5.06. The summed E-state index contributed by atoms with van der Waals surface area (Å²) >= 11 is 3.15. The molecule has 0 saturated carbocycles. The third-order valence-electron chi connectivity index (χ3n) is 2.70. The number of sulfonamides is 1. The maximum Gasteiger partial charge on any atom is 0.307 e. The second-order valence-corrected chi connectivity index (χ2v) is 7.21. The fourth-order valence-corrected chi connectivity index (χ4v) is 3.47. The van der Waals surface area contributed by atoms with Gasteiger partial charge in [-0.3, -0.25) is 4.79 Å². The van der Waals surface area contributed by atoms with Gasteiger partial charge in [-0.05, 0) is 18.2 Å². The summed E-state index contributed by atoms with van der Waals surface area (Å²) < 4.78 is 26.2. The zero-order chi connectivity index (χ0) is 15.5. The van der Waals surface area contributed by atoms with E-state index in [1.807, 2.05) is 6.07 Å². The minimum Gasteiger partial charge on any atom is -0.481 e. The molecule has 0 aromatic heterocycles. The number of rotatable bonds is 5. The minimum atomic E-state index is -3.92. The van der Waals surface area contributed by atoms with E-state index < -0.39 is 21.9 Å². The van der Waals surface area contributed by atoms with Gasteiger partial charge < -0.3 is 5.11 Å². The van der Waals surface area contributed by atoms with Gasteiger partial charge in [0.05, 0.1) is 11.5 Å². The Morgan fingerprint density at radius 3 is 2.65 bits per heavy atom. The zero-order valence-corrected chi connectivity index (χ0v) is 13.3. The molecule has 1 aromatic rings. The second kappa shape index (κ2) is 6.35. The number of carboxylic acids is 1. The molecule has 108 valence electrons. The Morgan fingerprint density at radius 1 is 1.55 bits per heavy atom. The Bertz CT molecular complexity index is 667. The highest BCUT2D eigenvalue weighted by Crippen LogP contribution is 2.23. The van der Waals surface area contributed by atoms with Crippen LogP contribution in [0.2, 0.25) is 0 Å². The lowest BCUT2D eigenvalue weighted by Crippen LogP contribution is -2.34. The molecule has 1 rings (SSSR count). The van der Waals surface area contributed by atoms with Gasteiger partial charge in [0.15, 0.2) is 0 Å². The number of carboxylic acid groups (broad SMARTS) is 1. The highest BCUT2D eigenvalue weighted by molar-refractivity contribution is 9.10. The molecule has 1 aromatic carbocycles. The molecule has 1 N–H and O–H groups in total. The van der Waals surface area contributed by atoms with Gasteiger partial charge in [0.2, 0.25) is 10.0 Å². The molecule has 0 amide bonds. The van der Waals surface area contributed by atoms with Crippen LogP contribution in [-0.2, 0) is 14.8 Å². The van der Waals surface area contributed by atoms with Gasteiger partial charge in [-0.25, -0.2) is 12.7 Å². The van der Waals surface area contributed by atoms with Crippen molar-refractivity contribution in [1.29, 1.82) is 5.26 Å². The normalized spacial score (nSPS) is 12.9. The summed E-state index contributed by atoms with van der Waals surface area (Å²) in [6, 6.07) is 6.11. The predicted molar refractivity (Wildman–Crippen MR) is 75.5 cm³/mol. The van der Waals surface area contributed by atoms with Crippen LogP contribution in [0.4, 0.5) is 0 Å². The molecular weight excluding hydrogens is 348 g/mol. The quantitative estimate of drug-likeness (QED) is 0.860. The SMILES string of the molecule is CC(CN(C)S(=O)(=O)c1cc(Br)ccc1C#N)C(=O)O. The smallest absolute Gasteiger partial charge is 0.307 e. The molecule has 1 atom stereocenters. The van der Waals surface area contributed by atoms with Crippen LogP contribution in [0.5, 0.6) is 0 Å². The van der Waals surface area contributed by atoms with Gasteiger partial charge >= 0.3 is 5.97 Å². The van der Waals surface area contributed by atoms with Crippen molar-refractivity contribution < 1.29 is 18.3 Å². The first-order valence-electron chi connectivity index (χ1n) is 5.59. The van der Waals surface area contributed by atoms with E-state index in [4.69, 9.17) is 10.4 Å². The van der Waals surface area contributed by atoms with E-state index in [1.165, 1.54) is 26.1 Å². The number of benzene rings is 1. The van der Waals surface area contributed by atoms with Crippen molar-refractivity contribution in [2.45, 2.75) is 11.8 Å². The number of nitrogens with zero attached hydrogens (tertiary/aromatic N) is 2. The maximum atomic E-state index is 12.4. The van der Waals surface area contributed by atoms with Crippen LogP contribution in [0.3, 0.4) is 0 Å². The first kappa shape index (κ1) is 16.6. The summed E-state index contributed by atoms with van der Waals surface area (Å²) in [4.78, 5) is 10.7.